The number of likely N-dealkylation sites (tertiary alicyclic amines) is 1. The lowest BCUT2D eigenvalue weighted by Gasteiger charge is -2.20. The van der Waals surface area contributed by atoms with Crippen molar-refractivity contribution < 1.29 is 19.2 Å². The fourth-order valence-corrected chi connectivity index (χ4v) is 2.65. The average Bonchev–Trinajstić information content (AvgIpc) is 2.81. The molecular formula is C17H23N3O5. The van der Waals surface area contributed by atoms with Crippen LogP contribution in [0, 0.1) is 10.1 Å². The van der Waals surface area contributed by atoms with Gasteiger partial charge in [-0.15, -0.1) is 0 Å². The van der Waals surface area contributed by atoms with Crippen molar-refractivity contribution >= 4 is 17.7 Å². The van der Waals surface area contributed by atoms with E-state index in [1.165, 1.54) is 12.1 Å². The molecule has 2 amide bonds. The third-order valence-corrected chi connectivity index (χ3v) is 4.06. The molecule has 2 rings (SSSR count). The summed E-state index contributed by atoms with van der Waals surface area (Å²) >= 11 is 0. The van der Waals surface area contributed by atoms with Gasteiger partial charge in [0.2, 0.25) is 5.91 Å². The van der Waals surface area contributed by atoms with Crippen molar-refractivity contribution in [3.05, 3.63) is 39.9 Å². The second-order valence-electron chi connectivity index (χ2n) is 5.97. The van der Waals surface area contributed by atoms with E-state index in [-0.39, 0.29) is 18.2 Å². The molecule has 1 fully saturated rings. The van der Waals surface area contributed by atoms with Crippen LogP contribution in [0.15, 0.2) is 24.3 Å². The SMILES string of the molecule is O=C(NCCCN1CCCCCC1=O)OCc1ccc([N+](=O)[O-])cc1. The van der Waals surface area contributed by atoms with E-state index in [0.717, 1.165) is 25.8 Å². The normalized spacial score (nSPS) is 14.7. The molecule has 1 N–H and O–H groups in total. The molecule has 1 aromatic rings. The number of nitrogens with zero attached hydrogens (tertiary/aromatic N) is 2. The van der Waals surface area contributed by atoms with Gasteiger partial charge in [-0.05, 0) is 37.0 Å². The molecule has 0 unspecified atom stereocenters. The Bertz CT molecular complexity index is 603. The van der Waals surface area contributed by atoms with Crippen LogP contribution in [-0.2, 0) is 16.1 Å². The number of rotatable bonds is 7. The lowest BCUT2D eigenvalue weighted by atomic mass is 10.2. The van der Waals surface area contributed by atoms with Crippen LogP contribution < -0.4 is 5.32 Å². The number of amides is 2. The number of nitrogens with one attached hydrogen (secondary N) is 1. The summed E-state index contributed by atoms with van der Waals surface area (Å²) in [5.74, 6) is 0.193. The molecule has 8 heteroatoms. The van der Waals surface area contributed by atoms with Gasteiger partial charge in [-0.2, -0.15) is 0 Å². The number of alkyl carbamates (subject to hydrolysis) is 1. The number of carbonyl (C=O) groups excluding carboxylic acids is 2. The fraction of sp³-hybridized carbons (Fsp3) is 0.529. The maximum atomic E-state index is 11.8. The van der Waals surface area contributed by atoms with Gasteiger partial charge in [-0.25, -0.2) is 4.79 Å². The fourth-order valence-electron chi connectivity index (χ4n) is 2.65. The lowest BCUT2D eigenvalue weighted by molar-refractivity contribution is -0.384. The quantitative estimate of drug-likeness (QED) is 0.463. The topological polar surface area (TPSA) is 102 Å². The molecule has 0 bridgehead atoms. The summed E-state index contributed by atoms with van der Waals surface area (Å²) in [7, 11) is 0. The number of hydrogen-bond donors (Lipinski definition) is 1. The van der Waals surface area contributed by atoms with Crippen molar-refractivity contribution in [2.45, 2.75) is 38.7 Å². The molecule has 136 valence electrons. The zero-order valence-electron chi connectivity index (χ0n) is 14.1. The first kappa shape index (κ1) is 18.7. The van der Waals surface area contributed by atoms with Crippen molar-refractivity contribution in [1.29, 1.82) is 0 Å². The van der Waals surface area contributed by atoms with E-state index in [1.54, 1.807) is 12.1 Å². The first-order valence-electron chi connectivity index (χ1n) is 8.48. The minimum absolute atomic E-state index is 0.00346. The Morgan fingerprint density at radius 2 is 2.00 bits per heavy atom. The predicted molar refractivity (Wildman–Crippen MR) is 90.9 cm³/mol. The molecule has 0 atom stereocenters. The Balaban J connectivity index is 1.62. The van der Waals surface area contributed by atoms with Crippen molar-refractivity contribution in [2.24, 2.45) is 0 Å². The summed E-state index contributed by atoms with van der Waals surface area (Å²) in [6.07, 6.45) is 3.85. The van der Waals surface area contributed by atoms with E-state index < -0.39 is 11.0 Å². The zero-order valence-corrected chi connectivity index (χ0v) is 14.1. The summed E-state index contributed by atoms with van der Waals surface area (Å²) in [6, 6.07) is 5.84. The van der Waals surface area contributed by atoms with Gasteiger partial charge in [0.05, 0.1) is 4.92 Å². The number of nitro groups is 1. The molecule has 0 saturated carbocycles. The van der Waals surface area contributed by atoms with Gasteiger partial charge in [-0.3, -0.25) is 14.9 Å². The molecule has 1 saturated heterocycles. The van der Waals surface area contributed by atoms with Gasteiger partial charge in [0.15, 0.2) is 0 Å². The minimum atomic E-state index is -0.541. The largest absolute Gasteiger partial charge is 0.445 e. The summed E-state index contributed by atoms with van der Waals surface area (Å²) in [6.45, 7) is 1.92. The summed E-state index contributed by atoms with van der Waals surface area (Å²) in [5.41, 5.74) is 0.673. The highest BCUT2D eigenvalue weighted by atomic mass is 16.6. The van der Waals surface area contributed by atoms with E-state index in [9.17, 15) is 19.7 Å². The molecule has 0 aliphatic carbocycles. The van der Waals surface area contributed by atoms with E-state index in [4.69, 9.17) is 4.74 Å². The van der Waals surface area contributed by atoms with Crippen LogP contribution in [-0.4, -0.2) is 41.5 Å². The summed E-state index contributed by atoms with van der Waals surface area (Å²) < 4.78 is 5.06. The first-order chi connectivity index (χ1) is 12.1. The Morgan fingerprint density at radius 3 is 2.72 bits per heavy atom. The second-order valence-corrected chi connectivity index (χ2v) is 5.97. The van der Waals surface area contributed by atoms with Gasteiger partial charge in [0, 0.05) is 38.2 Å². The van der Waals surface area contributed by atoms with Gasteiger partial charge >= 0.3 is 6.09 Å². The maximum Gasteiger partial charge on any atom is 0.407 e. The average molecular weight is 349 g/mol. The highest BCUT2D eigenvalue weighted by Crippen LogP contribution is 2.13. The second kappa shape index (κ2) is 9.61. The van der Waals surface area contributed by atoms with Crippen molar-refractivity contribution in [3.8, 4) is 0 Å². The van der Waals surface area contributed by atoms with E-state index in [0.29, 0.717) is 31.5 Å². The first-order valence-corrected chi connectivity index (χ1v) is 8.48. The highest BCUT2D eigenvalue weighted by Gasteiger charge is 2.15. The standard InChI is InChI=1S/C17H23N3O5/c21-16-5-2-1-3-11-19(16)12-4-10-18-17(22)25-13-14-6-8-15(9-7-14)20(23)24/h6-9H,1-5,10-13H2,(H,18,22). The minimum Gasteiger partial charge on any atom is -0.445 e. The Morgan fingerprint density at radius 1 is 1.24 bits per heavy atom. The maximum absolute atomic E-state index is 11.8. The number of carbonyl (C=O) groups is 2. The smallest absolute Gasteiger partial charge is 0.407 e. The number of ether oxygens (including phenoxy) is 1. The monoisotopic (exact) mass is 349 g/mol. The summed E-state index contributed by atoms with van der Waals surface area (Å²) in [4.78, 5) is 35.4. The molecule has 0 radical (unpaired) electrons. The van der Waals surface area contributed by atoms with Gasteiger partial charge < -0.3 is 15.0 Å². The van der Waals surface area contributed by atoms with Crippen molar-refractivity contribution in [3.63, 3.8) is 0 Å². The zero-order chi connectivity index (χ0) is 18.1. The number of hydrogen-bond acceptors (Lipinski definition) is 5. The van der Waals surface area contributed by atoms with E-state index in [2.05, 4.69) is 5.32 Å². The van der Waals surface area contributed by atoms with E-state index >= 15 is 0 Å². The van der Waals surface area contributed by atoms with Crippen molar-refractivity contribution in [1.82, 2.24) is 10.2 Å². The molecule has 1 aromatic carbocycles. The Kier molecular flexibility index (Phi) is 7.18. The third kappa shape index (κ3) is 6.40. The highest BCUT2D eigenvalue weighted by molar-refractivity contribution is 5.76. The molecule has 25 heavy (non-hydrogen) atoms. The van der Waals surface area contributed by atoms with Crippen LogP contribution in [0.1, 0.15) is 37.7 Å². The molecule has 8 nitrogen and oxygen atoms in total. The lowest BCUT2D eigenvalue weighted by Crippen LogP contribution is -2.34. The molecule has 1 aliphatic heterocycles. The van der Waals surface area contributed by atoms with Crippen LogP contribution in [0.5, 0.6) is 0 Å². The van der Waals surface area contributed by atoms with E-state index in [1.807, 2.05) is 4.90 Å². The van der Waals surface area contributed by atoms with Crippen LogP contribution in [0.4, 0.5) is 10.5 Å². The summed E-state index contributed by atoms with van der Waals surface area (Å²) in [5, 5.41) is 13.2. The number of non-ortho nitro benzene ring substituents is 1. The Hall–Kier alpha value is -2.64. The number of nitro benzene ring substituents is 1. The van der Waals surface area contributed by atoms with Crippen LogP contribution in [0.3, 0.4) is 0 Å². The van der Waals surface area contributed by atoms with Crippen LogP contribution >= 0.6 is 0 Å². The predicted octanol–water partition coefficient (Wildman–Crippen LogP) is 2.61. The molecule has 1 heterocycles. The van der Waals surface area contributed by atoms with Gasteiger partial charge in [-0.1, -0.05) is 6.42 Å². The molecular weight excluding hydrogens is 326 g/mol. The van der Waals surface area contributed by atoms with Crippen LogP contribution in [0.2, 0.25) is 0 Å². The van der Waals surface area contributed by atoms with Gasteiger partial charge in [0.25, 0.3) is 5.69 Å². The number of benzene rings is 1. The van der Waals surface area contributed by atoms with Crippen molar-refractivity contribution in [2.75, 3.05) is 19.6 Å². The molecule has 0 spiro atoms. The molecule has 0 aromatic heterocycles. The molecule has 1 aliphatic rings. The Labute approximate surface area is 146 Å². The van der Waals surface area contributed by atoms with Gasteiger partial charge in [0.1, 0.15) is 6.61 Å². The third-order valence-electron chi connectivity index (χ3n) is 4.06. The van der Waals surface area contributed by atoms with Crippen LogP contribution in [0.25, 0.3) is 0 Å².